The topological polar surface area (TPSA) is 75.7 Å². The molecule has 0 aliphatic heterocycles. The first kappa shape index (κ1) is 8.90. The number of rotatable bonds is 4. The second-order valence-corrected chi connectivity index (χ2v) is 1.44. The largest absolute Gasteiger partial charge is 0.548 e. The molecule has 10 heavy (non-hydrogen) atoms. The molecular formula is C5H7O5-. The molecule has 58 valence electrons. The quantitative estimate of drug-likeness (QED) is 0.427. The zero-order chi connectivity index (χ0) is 7.98. The number of aliphatic carboxylic acids is 1. The molecule has 5 heteroatoms. The van der Waals surface area contributed by atoms with E-state index < -0.39 is 18.5 Å². The first-order chi connectivity index (χ1) is 4.66. The third-order valence-electron chi connectivity index (χ3n) is 0.667. The van der Waals surface area contributed by atoms with Crippen LogP contribution in [0.3, 0.4) is 0 Å². The molecule has 0 amide bonds. The van der Waals surface area contributed by atoms with Gasteiger partial charge < -0.3 is 19.4 Å². The maximum Gasteiger partial charge on any atom is 0.331 e. The SMILES string of the molecule is COC(=O)COCC(=O)[O-]. The van der Waals surface area contributed by atoms with Crippen molar-refractivity contribution in [2.45, 2.75) is 0 Å². The maximum atomic E-state index is 10.2. The minimum Gasteiger partial charge on any atom is -0.548 e. The summed E-state index contributed by atoms with van der Waals surface area (Å²) >= 11 is 0. The summed E-state index contributed by atoms with van der Waals surface area (Å²) in [6.07, 6.45) is 0. The van der Waals surface area contributed by atoms with Crippen molar-refractivity contribution in [1.29, 1.82) is 0 Å². The molecule has 0 fully saturated rings. The van der Waals surface area contributed by atoms with Gasteiger partial charge in [0.05, 0.1) is 19.7 Å². The third-order valence-corrected chi connectivity index (χ3v) is 0.667. The Kier molecular flexibility index (Phi) is 4.23. The monoisotopic (exact) mass is 147 g/mol. The van der Waals surface area contributed by atoms with Gasteiger partial charge in [-0.2, -0.15) is 0 Å². The Morgan fingerprint density at radius 1 is 1.40 bits per heavy atom. The third kappa shape index (κ3) is 5.04. The van der Waals surface area contributed by atoms with Gasteiger partial charge in [0.2, 0.25) is 0 Å². The standard InChI is InChI=1S/C5H8O5/c1-9-5(8)3-10-2-4(6)7/h2-3H2,1H3,(H,6,7)/p-1. The van der Waals surface area contributed by atoms with Crippen LogP contribution in [0.25, 0.3) is 0 Å². The van der Waals surface area contributed by atoms with Crippen LogP contribution in [-0.2, 0) is 19.1 Å². The lowest BCUT2D eigenvalue weighted by atomic mass is 10.7. The molecular weight excluding hydrogens is 140 g/mol. The van der Waals surface area contributed by atoms with E-state index in [1.807, 2.05) is 0 Å². The van der Waals surface area contributed by atoms with Gasteiger partial charge in [-0.25, -0.2) is 4.79 Å². The van der Waals surface area contributed by atoms with Crippen molar-refractivity contribution in [3.05, 3.63) is 0 Å². The van der Waals surface area contributed by atoms with Crippen molar-refractivity contribution in [3.63, 3.8) is 0 Å². The Balaban J connectivity index is 3.20. The van der Waals surface area contributed by atoms with Crippen molar-refractivity contribution >= 4 is 11.9 Å². The van der Waals surface area contributed by atoms with Crippen LogP contribution in [-0.4, -0.2) is 32.3 Å². The molecule has 0 N–H and O–H groups in total. The first-order valence-corrected chi connectivity index (χ1v) is 2.51. The molecule has 0 aliphatic rings. The molecule has 0 rings (SSSR count). The van der Waals surface area contributed by atoms with E-state index in [9.17, 15) is 14.7 Å². The molecule has 0 unspecified atom stereocenters. The van der Waals surface area contributed by atoms with Crippen LogP contribution in [0.1, 0.15) is 0 Å². The van der Waals surface area contributed by atoms with Gasteiger partial charge in [-0.3, -0.25) is 0 Å². The van der Waals surface area contributed by atoms with Crippen LogP contribution in [0, 0.1) is 0 Å². The number of carbonyl (C=O) groups excluding carboxylic acids is 2. The summed E-state index contributed by atoms with van der Waals surface area (Å²) in [5.74, 6) is -1.97. The Hall–Kier alpha value is -1.10. The number of hydrogen-bond donors (Lipinski definition) is 0. The van der Waals surface area contributed by atoms with E-state index in [1.54, 1.807) is 0 Å². The summed E-state index contributed by atoms with van der Waals surface area (Å²) in [7, 11) is 1.19. The lowest BCUT2D eigenvalue weighted by molar-refractivity contribution is -0.309. The first-order valence-electron chi connectivity index (χ1n) is 2.51. The average molecular weight is 147 g/mol. The Bertz CT molecular complexity index is 130. The van der Waals surface area contributed by atoms with Crippen molar-refractivity contribution in [2.75, 3.05) is 20.3 Å². The minimum atomic E-state index is -1.36. The van der Waals surface area contributed by atoms with Crippen LogP contribution in [0.2, 0.25) is 0 Å². The van der Waals surface area contributed by atoms with E-state index >= 15 is 0 Å². The van der Waals surface area contributed by atoms with Gasteiger partial charge in [-0.15, -0.1) is 0 Å². The number of carbonyl (C=O) groups is 2. The van der Waals surface area contributed by atoms with Gasteiger partial charge >= 0.3 is 5.97 Å². The predicted octanol–water partition coefficient (Wildman–Crippen LogP) is -2.07. The van der Waals surface area contributed by atoms with Crippen molar-refractivity contribution < 1.29 is 24.2 Å². The molecule has 0 atom stereocenters. The summed E-state index contributed by atoms with van der Waals surface area (Å²) < 4.78 is 8.47. The van der Waals surface area contributed by atoms with Gasteiger partial charge in [-0.05, 0) is 0 Å². The summed E-state index contributed by atoms with van der Waals surface area (Å²) in [5.41, 5.74) is 0. The number of hydrogen-bond acceptors (Lipinski definition) is 5. The van der Waals surface area contributed by atoms with E-state index in [-0.39, 0.29) is 6.61 Å². The van der Waals surface area contributed by atoms with Crippen LogP contribution >= 0.6 is 0 Å². The normalized spacial score (nSPS) is 8.90. The molecule has 0 aromatic heterocycles. The lowest BCUT2D eigenvalue weighted by Crippen LogP contribution is -2.28. The predicted molar refractivity (Wildman–Crippen MR) is 27.8 cm³/mol. The van der Waals surface area contributed by atoms with Gasteiger partial charge in [0.25, 0.3) is 0 Å². The smallest absolute Gasteiger partial charge is 0.331 e. The molecule has 0 aliphatic carbocycles. The van der Waals surface area contributed by atoms with Crippen LogP contribution in [0.15, 0.2) is 0 Å². The highest BCUT2D eigenvalue weighted by Gasteiger charge is 1.97. The highest BCUT2D eigenvalue weighted by atomic mass is 16.6. The van der Waals surface area contributed by atoms with Crippen molar-refractivity contribution in [3.8, 4) is 0 Å². The fourth-order valence-electron chi connectivity index (χ4n) is 0.277. The van der Waals surface area contributed by atoms with Gasteiger partial charge in [0.15, 0.2) is 0 Å². The van der Waals surface area contributed by atoms with E-state index in [1.165, 1.54) is 7.11 Å². The van der Waals surface area contributed by atoms with Crippen LogP contribution < -0.4 is 5.11 Å². The molecule has 5 nitrogen and oxygen atoms in total. The van der Waals surface area contributed by atoms with E-state index in [0.29, 0.717) is 0 Å². The maximum absolute atomic E-state index is 10.2. The summed E-state index contributed by atoms with van der Waals surface area (Å²) in [4.78, 5) is 19.9. The number of ether oxygens (including phenoxy) is 2. The van der Waals surface area contributed by atoms with Gasteiger partial charge in [0.1, 0.15) is 6.61 Å². The summed E-state index contributed by atoms with van der Waals surface area (Å²) in [6.45, 7) is -0.945. The van der Waals surface area contributed by atoms with Crippen LogP contribution in [0.4, 0.5) is 0 Å². The number of carboxylic acids is 1. The van der Waals surface area contributed by atoms with Gasteiger partial charge in [0, 0.05) is 0 Å². The minimum absolute atomic E-state index is 0.357. The molecule has 0 heterocycles. The molecule has 0 radical (unpaired) electrons. The van der Waals surface area contributed by atoms with E-state index in [2.05, 4.69) is 9.47 Å². The second kappa shape index (κ2) is 4.75. The van der Waals surface area contributed by atoms with E-state index in [0.717, 1.165) is 0 Å². The van der Waals surface area contributed by atoms with Crippen molar-refractivity contribution in [1.82, 2.24) is 0 Å². The molecule has 0 bridgehead atoms. The van der Waals surface area contributed by atoms with E-state index in [4.69, 9.17) is 0 Å². The molecule has 0 aromatic carbocycles. The molecule has 0 saturated carbocycles. The Morgan fingerprint density at radius 3 is 2.40 bits per heavy atom. The Morgan fingerprint density at radius 2 is 2.00 bits per heavy atom. The molecule has 0 spiro atoms. The zero-order valence-electron chi connectivity index (χ0n) is 5.46. The van der Waals surface area contributed by atoms with Crippen molar-refractivity contribution in [2.24, 2.45) is 0 Å². The average Bonchev–Trinajstić information content (AvgIpc) is 1.87. The second-order valence-electron chi connectivity index (χ2n) is 1.44. The molecule has 0 aromatic rings. The molecule has 0 saturated heterocycles. The summed E-state index contributed by atoms with van der Waals surface area (Å²) in [6, 6.07) is 0. The fourth-order valence-corrected chi connectivity index (χ4v) is 0.277. The number of methoxy groups -OCH3 is 1. The lowest BCUT2D eigenvalue weighted by Gasteiger charge is -2.01. The highest BCUT2D eigenvalue weighted by molar-refractivity contribution is 5.71. The highest BCUT2D eigenvalue weighted by Crippen LogP contribution is 1.76. The van der Waals surface area contributed by atoms with Gasteiger partial charge in [-0.1, -0.05) is 0 Å². The Labute approximate surface area is 57.5 Å². The zero-order valence-corrected chi connectivity index (χ0v) is 5.46. The summed E-state index contributed by atoms with van der Waals surface area (Å²) in [5, 5.41) is 9.68. The number of carboxylic acid groups (broad SMARTS) is 1. The van der Waals surface area contributed by atoms with Crippen LogP contribution in [0.5, 0.6) is 0 Å². The number of esters is 1. The fraction of sp³-hybridized carbons (Fsp3) is 0.600.